The Labute approximate surface area is 150 Å². The number of hydrogen-bond acceptors (Lipinski definition) is 3. The third kappa shape index (κ3) is 3.47. The molecule has 132 valence electrons. The van der Waals surface area contributed by atoms with Crippen LogP contribution in [-0.2, 0) is 17.8 Å². The molecule has 1 unspecified atom stereocenters. The number of ether oxygens (including phenoxy) is 2. The van der Waals surface area contributed by atoms with E-state index in [1.54, 1.807) is 13.3 Å². The molecular weight excluding hydrogens is 310 g/mol. The van der Waals surface area contributed by atoms with Crippen LogP contribution in [0.25, 0.3) is 0 Å². The molecule has 3 heteroatoms. The Bertz CT molecular complexity index is 767. The molecule has 0 radical (unpaired) electrons. The first kappa shape index (κ1) is 17.7. The van der Waals surface area contributed by atoms with Crippen molar-refractivity contribution in [2.75, 3.05) is 7.11 Å². The standard InChI is InChI=1S/C22H27NO2/c1-14(2)18-9-10-19-15(3)12-20(16(4)21(19)22(18)24-5)25-13-17-8-6-7-11-23-17/h6-8,11-12,18,22H,1,9-10,13H2,2-5H3/t18-,22?/m0/s1. The van der Waals surface area contributed by atoms with Crippen molar-refractivity contribution in [1.29, 1.82) is 0 Å². The van der Waals surface area contributed by atoms with Crippen molar-refractivity contribution < 1.29 is 9.47 Å². The lowest BCUT2D eigenvalue weighted by Crippen LogP contribution is -2.25. The zero-order valence-corrected chi connectivity index (χ0v) is 15.6. The fourth-order valence-corrected chi connectivity index (χ4v) is 3.90. The second-order valence-corrected chi connectivity index (χ2v) is 6.97. The fraction of sp³-hybridized carbons (Fsp3) is 0.409. The number of aryl methyl sites for hydroxylation is 1. The molecule has 2 atom stereocenters. The molecule has 0 spiro atoms. The Kier molecular flexibility index (Phi) is 5.24. The van der Waals surface area contributed by atoms with Crippen molar-refractivity contribution >= 4 is 0 Å². The number of fused-ring (bicyclic) bond motifs is 1. The van der Waals surface area contributed by atoms with E-state index in [4.69, 9.17) is 9.47 Å². The van der Waals surface area contributed by atoms with Gasteiger partial charge in [-0.1, -0.05) is 18.2 Å². The number of aromatic nitrogens is 1. The molecule has 0 amide bonds. The molecule has 1 aliphatic rings. The van der Waals surface area contributed by atoms with E-state index in [1.165, 1.54) is 27.8 Å². The lowest BCUT2D eigenvalue weighted by atomic mass is 9.75. The van der Waals surface area contributed by atoms with E-state index in [1.807, 2.05) is 18.2 Å². The minimum atomic E-state index is 0.0540. The van der Waals surface area contributed by atoms with E-state index in [0.717, 1.165) is 24.3 Å². The predicted octanol–water partition coefficient (Wildman–Crippen LogP) is 5.10. The molecule has 0 saturated heterocycles. The summed E-state index contributed by atoms with van der Waals surface area (Å²) in [6.07, 6.45) is 4.01. The lowest BCUT2D eigenvalue weighted by Gasteiger charge is -2.35. The highest BCUT2D eigenvalue weighted by atomic mass is 16.5. The topological polar surface area (TPSA) is 31.4 Å². The predicted molar refractivity (Wildman–Crippen MR) is 101 cm³/mol. The van der Waals surface area contributed by atoms with Crippen molar-refractivity contribution in [2.24, 2.45) is 5.92 Å². The van der Waals surface area contributed by atoms with Gasteiger partial charge in [-0.2, -0.15) is 0 Å². The van der Waals surface area contributed by atoms with Gasteiger partial charge in [-0.15, -0.1) is 0 Å². The first-order valence-electron chi connectivity index (χ1n) is 8.86. The van der Waals surface area contributed by atoms with Crippen LogP contribution in [0, 0.1) is 19.8 Å². The van der Waals surface area contributed by atoms with Gasteiger partial charge >= 0.3 is 0 Å². The zero-order valence-electron chi connectivity index (χ0n) is 15.6. The summed E-state index contributed by atoms with van der Waals surface area (Å²) in [5.41, 5.74) is 7.27. The smallest absolute Gasteiger partial charge is 0.130 e. The van der Waals surface area contributed by atoms with Gasteiger partial charge in [-0.3, -0.25) is 4.98 Å². The summed E-state index contributed by atoms with van der Waals surface area (Å²) in [5.74, 6) is 1.29. The monoisotopic (exact) mass is 337 g/mol. The summed E-state index contributed by atoms with van der Waals surface area (Å²) in [7, 11) is 1.80. The van der Waals surface area contributed by atoms with Crippen LogP contribution in [0.3, 0.4) is 0 Å². The first-order valence-corrected chi connectivity index (χ1v) is 8.86. The Morgan fingerprint density at radius 1 is 1.32 bits per heavy atom. The van der Waals surface area contributed by atoms with E-state index in [0.29, 0.717) is 12.5 Å². The number of hydrogen-bond donors (Lipinski definition) is 0. The molecule has 3 nitrogen and oxygen atoms in total. The molecule has 0 aliphatic heterocycles. The average Bonchev–Trinajstić information content (AvgIpc) is 2.63. The van der Waals surface area contributed by atoms with Gasteiger partial charge in [-0.25, -0.2) is 0 Å². The van der Waals surface area contributed by atoms with Crippen LogP contribution in [0.2, 0.25) is 0 Å². The van der Waals surface area contributed by atoms with E-state index in [-0.39, 0.29) is 6.10 Å². The van der Waals surface area contributed by atoms with Crippen LogP contribution in [0.1, 0.15) is 47.4 Å². The molecule has 25 heavy (non-hydrogen) atoms. The van der Waals surface area contributed by atoms with E-state index < -0.39 is 0 Å². The van der Waals surface area contributed by atoms with E-state index in [2.05, 4.69) is 38.4 Å². The molecule has 3 rings (SSSR count). The van der Waals surface area contributed by atoms with Crippen LogP contribution in [0.4, 0.5) is 0 Å². The third-order valence-corrected chi connectivity index (χ3v) is 5.27. The van der Waals surface area contributed by atoms with Crippen LogP contribution >= 0.6 is 0 Å². The maximum absolute atomic E-state index is 6.12. The summed E-state index contributed by atoms with van der Waals surface area (Å²) in [6, 6.07) is 8.04. The summed E-state index contributed by atoms with van der Waals surface area (Å²) < 4.78 is 12.0. The minimum Gasteiger partial charge on any atom is -0.487 e. The first-order chi connectivity index (χ1) is 12.0. The number of benzene rings is 1. The molecular formula is C22H27NO2. The van der Waals surface area contributed by atoms with Gasteiger partial charge < -0.3 is 9.47 Å². The number of nitrogens with zero attached hydrogens (tertiary/aromatic N) is 1. The molecule has 0 bridgehead atoms. The average molecular weight is 337 g/mol. The van der Waals surface area contributed by atoms with E-state index >= 15 is 0 Å². The Hall–Kier alpha value is -2.13. The molecule has 2 aromatic rings. The molecule has 1 aliphatic carbocycles. The highest BCUT2D eigenvalue weighted by Gasteiger charge is 2.33. The second-order valence-electron chi connectivity index (χ2n) is 6.97. The number of methoxy groups -OCH3 is 1. The molecule has 1 aromatic heterocycles. The van der Waals surface area contributed by atoms with Gasteiger partial charge in [0.1, 0.15) is 12.4 Å². The maximum Gasteiger partial charge on any atom is 0.130 e. The zero-order chi connectivity index (χ0) is 18.0. The molecule has 0 saturated carbocycles. The second kappa shape index (κ2) is 7.40. The molecule has 0 N–H and O–H groups in total. The molecule has 1 heterocycles. The highest BCUT2D eigenvalue weighted by Crippen LogP contribution is 2.45. The summed E-state index contributed by atoms with van der Waals surface area (Å²) >= 11 is 0. The molecule has 1 aromatic carbocycles. The summed E-state index contributed by atoms with van der Waals surface area (Å²) in [6.45, 7) is 11.1. The Balaban J connectivity index is 1.96. The number of rotatable bonds is 5. The van der Waals surface area contributed by atoms with Crippen molar-refractivity contribution in [1.82, 2.24) is 4.98 Å². The Morgan fingerprint density at radius 2 is 2.12 bits per heavy atom. The maximum atomic E-state index is 6.12. The van der Waals surface area contributed by atoms with Gasteiger partial charge in [-0.05, 0) is 74.1 Å². The third-order valence-electron chi connectivity index (χ3n) is 5.27. The molecule has 0 fully saturated rings. The van der Waals surface area contributed by atoms with Crippen LogP contribution < -0.4 is 4.74 Å². The van der Waals surface area contributed by atoms with Crippen molar-refractivity contribution in [3.8, 4) is 5.75 Å². The Morgan fingerprint density at radius 3 is 2.76 bits per heavy atom. The minimum absolute atomic E-state index is 0.0540. The highest BCUT2D eigenvalue weighted by molar-refractivity contribution is 5.51. The van der Waals surface area contributed by atoms with Gasteiger partial charge in [0.05, 0.1) is 11.8 Å². The van der Waals surface area contributed by atoms with E-state index in [9.17, 15) is 0 Å². The largest absolute Gasteiger partial charge is 0.487 e. The number of pyridine rings is 1. The van der Waals surface area contributed by atoms with Gasteiger partial charge in [0.2, 0.25) is 0 Å². The quantitative estimate of drug-likeness (QED) is 0.711. The van der Waals surface area contributed by atoms with Crippen molar-refractivity contribution in [3.63, 3.8) is 0 Å². The lowest BCUT2D eigenvalue weighted by molar-refractivity contribution is 0.0537. The van der Waals surface area contributed by atoms with Crippen molar-refractivity contribution in [3.05, 3.63) is 70.6 Å². The van der Waals surface area contributed by atoms with Gasteiger partial charge in [0.25, 0.3) is 0 Å². The SMILES string of the molecule is C=C(C)[C@@H]1CCc2c(C)cc(OCc3ccccn3)c(C)c2C1OC. The van der Waals surface area contributed by atoms with Crippen LogP contribution in [-0.4, -0.2) is 12.1 Å². The fourth-order valence-electron chi connectivity index (χ4n) is 3.90. The van der Waals surface area contributed by atoms with Gasteiger partial charge in [0, 0.05) is 19.2 Å². The summed E-state index contributed by atoms with van der Waals surface area (Å²) in [5, 5.41) is 0. The van der Waals surface area contributed by atoms with Crippen molar-refractivity contribution in [2.45, 2.75) is 46.3 Å². The van der Waals surface area contributed by atoms with Crippen LogP contribution in [0.5, 0.6) is 5.75 Å². The van der Waals surface area contributed by atoms with Gasteiger partial charge in [0.15, 0.2) is 0 Å². The van der Waals surface area contributed by atoms with Crippen LogP contribution in [0.15, 0.2) is 42.6 Å². The summed E-state index contributed by atoms with van der Waals surface area (Å²) in [4.78, 5) is 4.34. The normalized spacial score (nSPS) is 19.4.